The molecular formula is C52H104O. The Morgan fingerprint density at radius 3 is 0.434 bits per heavy atom. The van der Waals surface area contributed by atoms with Gasteiger partial charge in [-0.05, 0) is 13.3 Å². The number of carbonyl (C=O) groups excluding carboxylic acids is 1. The van der Waals surface area contributed by atoms with Crippen molar-refractivity contribution in [2.45, 2.75) is 328 Å². The van der Waals surface area contributed by atoms with E-state index in [1.807, 2.05) is 0 Å². The number of Topliss-reactive ketones (excluding diaryl/α,β-unsaturated/α-hetero) is 1. The zero-order chi connectivity index (χ0) is 38.2. The van der Waals surface area contributed by atoms with E-state index in [-0.39, 0.29) is 0 Å². The lowest BCUT2D eigenvalue weighted by atomic mass is 10.0. The van der Waals surface area contributed by atoms with Crippen LogP contribution in [0.25, 0.3) is 0 Å². The predicted molar refractivity (Wildman–Crippen MR) is 243 cm³/mol. The minimum atomic E-state index is 0.354. The van der Waals surface area contributed by atoms with Crippen molar-refractivity contribution in [3.63, 3.8) is 0 Å². The molecule has 0 radical (unpaired) electrons. The highest BCUT2D eigenvalue weighted by Crippen LogP contribution is 2.18. The molecule has 318 valence electrons. The van der Waals surface area contributed by atoms with Crippen LogP contribution in [0.15, 0.2) is 0 Å². The van der Waals surface area contributed by atoms with Gasteiger partial charge in [-0.15, -0.1) is 0 Å². The van der Waals surface area contributed by atoms with Gasteiger partial charge >= 0.3 is 0 Å². The van der Waals surface area contributed by atoms with Crippen molar-refractivity contribution in [2.75, 3.05) is 0 Å². The summed E-state index contributed by atoms with van der Waals surface area (Å²) in [4.78, 5) is 11.0. The van der Waals surface area contributed by atoms with Gasteiger partial charge in [-0.25, -0.2) is 0 Å². The Hall–Kier alpha value is -0.330. The van der Waals surface area contributed by atoms with E-state index in [1.165, 1.54) is 302 Å². The summed E-state index contributed by atoms with van der Waals surface area (Å²) in [7, 11) is 0. The fourth-order valence-corrected chi connectivity index (χ4v) is 8.58. The molecule has 0 aromatic carbocycles. The van der Waals surface area contributed by atoms with Crippen molar-refractivity contribution in [2.24, 2.45) is 0 Å². The number of unbranched alkanes of at least 4 members (excludes halogenated alkanes) is 47. The second kappa shape index (κ2) is 49.7. The van der Waals surface area contributed by atoms with Crippen LogP contribution in [0, 0.1) is 0 Å². The van der Waals surface area contributed by atoms with E-state index in [4.69, 9.17) is 0 Å². The summed E-state index contributed by atoms with van der Waals surface area (Å²) in [5.74, 6) is 0.354. The van der Waals surface area contributed by atoms with Crippen LogP contribution in [-0.4, -0.2) is 5.78 Å². The van der Waals surface area contributed by atoms with Crippen molar-refractivity contribution in [1.29, 1.82) is 0 Å². The zero-order valence-electron chi connectivity index (χ0n) is 37.6. The molecule has 53 heavy (non-hydrogen) atoms. The molecule has 0 saturated carbocycles. The second-order valence-corrected chi connectivity index (χ2v) is 18.1. The Morgan fingerprint density at radius 2 is 0.321 bits per heavy atom. The number of rotatable bonds is 49. The molecule has 1 heteroatoms. The first-order valence-electron chi connectivity index (χ1n) is 25.8. The first-order chi connectivity index (χ1) is 26.3. The Kier molecular flexibility index (Phi) is 49.4. The third kappa shape index (κ3) is 51.7. The molecule has 0 spiro atoms. The van der Waals surface area contributed by atoms with Crippen LogP contribution in [0.3, 0.4) is 0 Å². The average molecular weight is 745 g/mol. The topological polar surface area (TPSA) is 17.1 Å². The summed E-state index contributed by atoms with van der Waals surface area (Å²) in [6, 6.07) is 0. The lowest BCUT2D eigenvalue weighted by Crippen LogP contribution is -1.89. The van der Waals surface area contributed by atoms with Crippen LogP contribution < -0.4 is 0 Å². The molecule has 0 atom stereocenters. The molecule has 0 unspecified atom stereocenters. The lowest BCUT2D eigenvalue weighted by molar-refractivity contribution is -0.117. The summed E-state index contributed by atoms with van der Waals surface area (Å²) in [6.07, 6.45) is 70.8. The maximum Gasteiger partial charge on any atom is 0.129 e. The van der Waals surface area contributed by atoms with Gasteiger partial charge in [0.2, 0.25) is 0 Å². The van der Waals surface area contributed by atoms with Crippen LogP contribution in [0.2, 0.25) is 0 Å². The highest BCUT2D eigenvalue weighted by atomic mass is 16.1. The van der Waals surface area contributed by atoms with E-state index in [0.29, 0.717) is 5.78 Å². The summed E-state index contributed by atoms with van der Waals surface area (Å²) >= 11 is 0. The van der Waals surface area contributed by atoms with Crippen LogP contribution in [-0.2, 0) is 4.79 Å². The van der Waals surface area contributed by atoms with Gasteiger partial charge in [-0.1, -0.05) is 309 Å². The maximum atomic E-state index is 11.0. The number of hydrogen-bond donors (Lipinski definition) is 0. The molecule has 1 nitrogen and oxygen atoms in total. The molecule has 0 amide bonds. The quantitative estimate of drug-likeness (QED) is 0.0567. The van der Waals surface area contributed by atoms with Gasteiger partial charge in [0.1, 0.15) is 5.78 Å². The highest BCUT2D eigenvalue weighted by molar-refractivity contribution is 5.75. The third-order valence-corrected chi connectivity index (χ3v) is 12.4. The molecule has 0 bridgehead atoms. The second-order valence-electron chi connectivity index (χ2n) is 18.1. The smallest absolute Gasteiger partial charge is 0.129 e. The maximum absolute atomic E-state index is 11.0. The molecule has 0 aliphatic carbocycles. The fraction of sp³-hybridized carbons (Fsp3) is 0.981. The number of ketones is 1. The molecule has 0 aromatic heterocycles. The van der Waals surface area contributed by atoms with Gasteiger partial charge in [0.25, 0.3) is 0 Å². The van der Waals surface area contributed by atoms with Gasteiger partial charge in [0.15, 0.2) is 0 Å². The lowest BCUT2D eigenvalue weighted by Gasteiger charge is -2.05. The fourth-order valence-electron chi connectivity index (χ4n) is 8.58. The molecule has 0 fully saturated rings. The molecule has 0 N–H and O–H groups in total. The van der Waals surface area contributed by atoms with Gasteiger partial charge in [-0.3, -0.25) is 0 Å². The summed E-state index contributed by atoms with van der Waals surface area (Å²) in [5.41, 5.74) is 0. The van der Waals surface area contributed by atoms with Crippen molar-refractivity contribution in [1.82, 2.24) is 0 Å². The van der Waals surface area contributed by atoms with E-state index >= 15 is 0 Å². The molecule has 0 rings (SSSR count). The first-order valence-corrected chi connectivity index (χ1v) is 25.8. The van der Waals surface area contributed by atoms with Crippen molar-refractivity contribution in [3.05, 3.63) is 0 Å². The minimum Gasteiger partial charge on any atom is -0.300 e. The Bertz CT molecular complexity index is 639. The van der Waals surface area contributed by atoms with Crippen LogP contribution in [0.5, 0.6) is 0 Å². The Balaban J connectivity index is 3.05. The van der Waals surface area contributed by atoms with E-state index in [9.17, 15) is 4.79 Å². The van der Waals surface area contributed by atoms with Crippen LogP contribution >= 0.6 is 0 Å². The summed E-state index contributed by atoms with van der Waals surface area (Å²) in [5, 5.41) is 0. The minimum absolute atomic E-state index is 0.354. The molecule has 0 aromatic rings. The van der Waals surface area contributed by atoms with E-state index in [1.54, 1.807) is 6.92 Å². The molecule has 0 aliphatic rings. The van der Waals surface area contributed by atoms with Crippen LogP contribution in [0.1, 0.15) is 328 Å². The molecule has 0 saturated heterocycles. The van der Waals surface area contributed by atoms with E-state index in [0.717, 1.165) is 12.8 Å². The van der Waals surface area contributed by atoms with Gasteiger partial charge in [-0.2, -0.15) is 0 Å². The van der Waals surface area contributed by atoms with E-state index in [2.05, 4.69) is 6.92 Å². The monoisotopic (exact) mass is 745 g/mol. The van der Waals surface area contributed by atoms with E-state index < -0.39 is 0 Å². The number of hydrogen-bond acceptors (Lipinski definition) is 1. The first kappa shape index (κ1) is 52.7. The normalized spacial score (nSPS) is 11.6. The molecular weight excluding hydrogens is 641 g/mol. The van der Waals surface area contributed by atoms with Gasteiger partial charge in [0.05, 0.1) is 0 Å². The SMILES string of the molecule is CCCCCCCCCCCCCCCCCCCCCCCCCCCCCCCCCCCCCCCCCCCCCCCCCCC(C)=O. The van der Waals surface area contributed by atoms with Crippen LogP contribution in [0.4, 0.5) is 0 Å². The van der Waals surface area contributed by atoms with Gasteiger partial charge in [0, 0.05) is 6.42 Å². The summed E-state index contributed by atoms with van der Waals surface area (Å²) < 4.78 is 0. The van der Waals surface area contributed by atoms with Crippen molar-refractivity contribution >= 4 is 5.78 Å². The number of carbonyl (C=O) groups is 1. The standard InChI is InChI=1S/C52H104O/c1-3-4-5-6-7-8-9-10-11-12-13-14-15-16-17-18-19-20-21-22-23-24-25-26-27-28-29-30-31-32-33-34-35-36-37-38-39-40-41-42-43-44-45-46-47-48-49-50-51-52(2)53/h3-51H2,1-2H3. The largest absolute Gasteiger partial charge is 0.300 e. The Labute approximate surface area is 338 Å². The third-order valence-electron chi connectivity index (χ3n) is 12.4. The molecule has 0 heterocycles. The van der Waals surface area contributed by atoms with Gasteiger partial charge < -0.3 is 4.79 Å². The van der Waals surface area contributed by atoms with Crippen molar-refractivity contribution < 1.29 is 4.79 Å². The van der Waals surface area contributed by atoms with Crippen molar-refractivity contribution in [3.8, 4) is 0 Å². The highest BCUT2D eigenvalue weighted by Gasteiger charge is 1.99. The molecule has 0 aliphatic heterocycles. The summed E-state index contributed by atoms with van der Waals surface area (Å²) in [6.45, 7) is 4.03. The zero-order valence-corrected chi connectivity index (χ0v) is 37.6. The Morgan fingerprint density at radius 1 is 0.208 bits per heavy atom. The predicted octanol–water partition coefficient (Wildman–Crippen LogP) is 19.7. The average Bonchev–Trinajstić information content (AvgIpc) is 3.15.